The van der Waals surface area contributed by atoms with Gasteiger partial charge in [0.15, 0.2) is 0 Å². The van der Waals surface area contributed by atoms with Gasteiger partial charge in [-0.2, -0.15) is 0 Å². The van der Waals surface area contributed by atoms with E-state index in [2.05, 4.69) is 15.1 Å². The van der Waals surface area contributed by atoms with Gasteiger partial charge in [-0.3, -0.25) is 4.90 Å². The van der Waals surface area contributed by atoms with Crippen LogP contribution >= 0.6 is 0 Å². The highest BCUT2D eigenvalue weighted by atomic mass is 16.6. The molecule has 0 aromatic carbocycles. The third kappa shape index (κ3) is 8.90. The van der Waals surface area contributed by atoms with E-state index in [-0.39, 0.29) is 6.09 Å². The quantitative estimate of drug-likeness (QED) is 0.683. The number of piperazine rings is 1. The third-order valence-electron chi connectivity index (χ3n) is 3.49. The van der Waals surface area contributed by atoms with Crippen LogP contribution in [0.2, 0.25) is 0 Å². The molecule has 0 aromatic rings. The third-order valence-corrected chi connectivity index (χ3v) is 3.49. The number of ether oxygens (including phenoxy) is 1. The highest BCUT2D eigenvalue weighted by molar-refractivity contribution is 5.67. The average molecular weight is 300 g/mol. The van der Waals surface area contributed by atoms with Crippen LogP contribution in [0.5, 0.6) is 0 Å². The number of nitrogens with one attached hydrogen (secondary N) is 1. The Morgan fingerprint density at radius 1 is 1.10 bits per heavy atom. The lowest BCUT2D eigenvalue weighted by atomic mass is 10.2. The Morgan fingerprint density at radius 2 is 1.67 bits per heavy atom. The van der Waals surface area contributed by atoms with Crippen LogP contribution in [0.25, 0.3) is 0 Å². The molecule has 1 saturated heterocycles. The smallest absolute Gasteiger partial charge is 0.407 e. The van der Waals surface area contributed by atoms with Crippen molar-refractivity contribution in [3.63, 3.8) is 0 Å². The molecule has 0 aromatic heterocycles. The van der Waals surface area contributed by atoms with E-state index in [0.717, 1.165) is 52.2 Å². The zero-order valence-corrected chi connectivity index (χ0v) is 13.9. The fraction of sp³-hybridized carbons (Fsp3) is 0.933. The first-order valence-electron chi connectivity index (χ1n) is 8.02. The number of carbonyl (C=O) groups excluding carboxylic acids is 1. The Balaban J connectivity index is 2.06. The number of hydrogen-bond donors (Lipinski definition) is 2. The second-order valence-corrected chi connectivity index (χ2v) is 6.61. The molecule has 6 nitrogen and oxygen atoms in total. The molecule has 0 bridgehead atoms. The largest absolute Gasteiger partial charge is 0.444 e. The van der Waals surface area contributed by atoms with Gasteiger partial charge < -0.3 is 20.7 Å². The second-order valence-electron chi connectivity index (χ2n) is 6.61. The molecule has 0 spiro atoms. The van der Waals surface area contributed by atoms with Crippen LogP contribution in [-0.2, 0) is 4.74 Å². The van der Waals surface area contributed by atoms with Crippen LogP contribution in [0.4, 0.5) is 4.79 Å². The van der Waals surface area contributed by atoms with Gasteiger partial charge in [0.05, 0.1) is 0 Å². The summed E-state index contributed by atoms with van der Waals surface area (Å²) in [5, 5.41) is 2.81. The lowest BCUT2D eigenvalue weighted by molar-refractivity contribution is 0.0516. The fourth-order valence-corrected chi connectivity index (χ4v) is 2.35. The van der Waals surface area contributed by atoms with E-state index < -0.39 is 5.60 Å². The van der Waals surface area contributed by atoms with Crippen molar-refractivity contribution in [2.75, 3.05) is 52.4 Å². The van der Waals surface area contributed by atoms with Crippen molar-refractivity contribution in [1.29, 1.82) is 0 Å². The molecule has 0 saturated carbocycles. The van der Waals surface area contributed by atoms with Gasteiger partial charge in [0.1, 0.15) is 5.60 Å². The number of rotatable bonds is 7. The van der Waals surface area contributed by atoms with Crippen molar-refractivity contribution in [2.45, 2.75) is 39.2 Å². The summed E-state index contributed by atoms with van der Waals surface area (Å²) in [6.45, 7) is 13.4. The number of nitrogens with zero attached hydrogens (tertiary/aromatic N) is 2. The Kier molecular flexibility index (Phi) is 8.00. The van der Waals surface area contributed by atoms with Gasteiger partial charge >= 0.3 is 6.09 Å². The molecular weight excluding hydrogens is 268 g/mol. The van der Waals surface area contributed by atoms with E-state index in [9.17, 15) is 4.79 Å². The van der Waals surface area contributed by atoms with Crippen LogP contribution in [0, 0.1) is 0 Å². The van der Waals surface area contributed by atoms with E-state index in [4.69, 9.17) is 10.5 Å². The lowest BCUT2D eigenvalue weighted by Gasteiger charge is -2.34. The van der Waals surface area contributed by atoms with Crippen molar-refractivity contribution in [1.82, 2.24) is 15.1 Å². The molecule has 1 aliphatic rings. The second kappa shape index (κ2) is 9.23. The maximum atomic E-state index is 11.5. The normalized spacial score (nSPS) is 17.7. The minimum atomic E-state index is -0.431. The number of hydrogen-bond acceptors (Lipinski definition) is 5. The van der Waals surface area contributed by atoms with E-state index in [0.29, 0.717) is 6.54 Å². The van der Waals surface area contributed by atoms with Crippen molar-refractivity contribution in [2.24, 2.45) is 5.73 Å². The first-order valence-corrected chi connectivity index (χ1v) is 8.02. The van der Waals surface area contributed by atoms with Crippen LogP contribution in [-0.4, -0.2) is 73.9 Å². The molecule has 0 aliphatic carbocycles. The summed E-state index contributed by atoms with van der Waals surface area (Å²) in [5.41, 5.74) is 5.08. The minimum absolute atomic E-state index is 0.331. The molecule has 0 unspecified atom stereocenters. The maximum absolute atomic E-state index is 11.5. The minimum Gasteiger partial charge on any atom is -0.444 e. The molecule has 1 amide bonds. The highest BCUT2D eigenvalue weighted by Crippen LogP contribution is 2.06. The molecule has 6 heteroatoms. The molecule has 1 aliphatic heterocycles. The summed E-state index contributed by atoms with van der Waals surface area (Å²) in [5.74, 6) is 0. The Hall–Kier alpha value is -0.850. The summed E-state index contributed by atoms with van der Waals surface area (Å²) in [4.78, 5) is 16.4. The summed E-state index contributed by atoms with van der Waals surface area (Å²) in [6, 6.07) is 0. The maximum Gasteiger partial charge on any atom is 0.407 e. The van der Waals surface area contributed by atoms with Crippen molar-refractivity contribution >= 4 is 6.09 Å². The zero-order valence-electron chi connectivity index (χ0n) is 13.9. The first-order chi connectivity index (χ1) is 9.90. The molecule has 1 rings (SSSR count). The predicted octanol–water partition coefficient (Wildman–Crippen LogP) is 0.868. The first kappa shape index (κ1) is 18.2. The number of amides is 1. The monoisotopic (exact) mass is 300 g/mol. The number of nitrogens with two attached hydrogens (primary N) is 1. The summed E-state index contributed by atoms with van der Waals surface area (Å²) in [7, 11) is 0. The van der Waals surface area contributed by atoms with Crippen LogP contribution < -0.4 is 11.1 Å². The topological polar surface area (TPSA) is 70.8 Å². The summed E-state index contributed by atoms with van der Waals surface area (Å²) in [6.07, 6.45) is 1.97. The standard InChI is InChI=1S/C15H32N4O2/c1-15(2,3)21-14(20)17-7-9-19-12-10-18(11-13-19)8-5-4-6-16/h4-13,16H2,1-3H3,(H,17,20). The summed E-state index contributed by atoms with van der Waals surface area (Å²) < 4.78 is 5.21. The Morgan fingerprint density at radius 3 is 2.19 bits per heavy atom. The van der Waals surface area contributed by atoms with E-state index in [1.807, 2.05) is 20.8 Å². The van der Waals surface area contributed by atoms with Gasteiger partial charge in [-0.15, -0.1) is 0 Å². The van der Waals surface area contributed by atoms with Gasteiger partial charge in [0.25, 0.3) is 0 Å². The summed E-state index contributed by atoms with van der Waals surface area (Å²) >= 11 is 0. The van der Waals surface area contributed by atoms with Crippen molar-refractivity contribution in [3.05, 3.63) is 0 Å². The highest BCUT2D eigenvalue weighted by Gasteiger charge is 2.18. The van der Waals surface area contributed by atoms with Gasteiger partial charge in [-0.05, 0) is 46.7 Å². The van der Waals surface area contributed by atoms with Gasteiger partial charge in [-0.25, -0.2) is 4.79 Å². The number of alkyl carbamates (subject to hydrolysis) is 1. The molecule has 0 radical (unpaired) electrons. The van der Waals surface area contributed by atoms with Crippen LogP contribution in [0.1, 0.15) is 33.6 Å². The SMILES string of the molecule is CC(C)(C)OC(=O)NCCN1CCN(CCCCN)CC1. The van der Waals surface area contributed by atoms with E-state index >= 15 is 0 Å². The van der Waals surface area contributed by atoms with E-state index in [1.54, 1.807) is 0 Å². The fourth-order valence-electron chi connectivity index (χ4n) is 2.35. The van der Waals surface area contributed by atoms with Gasteiger partial charge in [-0.1, -0.05) is 0 Å². The predicted molar refractivity (Wildman–Crippen MR) is 85.4 cm³/mol. The Bertz CT molecular complexity index is 297. The molecular formula is C15H32N4O2. The molecule has 3 N–H and O–H groups in total. The molecule has 124 valence electrons. The van der Waals surface area contributed by atoms with Crippen LogP contribution in [0.15, 0.2) is 0 Å². The molecule has 1 fully saturated rings. The van der Waals surface area contributed by atoms with Crippen molar-refractivity contribution < 1.29 is 9.53 Å². The lowest BCUT2D eigenvalue weighted by Crippen LogP contribution is -2.48. The van der Waals surface area contributed by atoms with Gasteiger partial charge in [0, 0.05) is 39.3 Å². The Labute approximate surface area is 129 Å². The van der Waals surface area contributed by atoms with E-state index in [1.165, 1.54) is 6.42 Å². The molecule has 1 heterocycles. The number of unbranched alkanes of at least 4 members (excludes halogenated alkanes) is 1. The average Bonchev–Trinajstić information content (AvgIpc) is 2.39. The number of carbonyl (C=O) groups is 1. The zero-order chi connectivity index (χ0) is 15.7. The molecule has 21 heavy (non-hydrogen) atoms. The van der Waals surface area contributed by atoms with Crippen molar-refractivity contribution in [3.8, 4) is 0 Å². The molecule has 0 atom stereocenters. The van der Waals surface area contributed by atoms with Crippen LogP contribution in [0.3, 0.4) is 0 Å². The van der Waals surface area contributed by atoms with Gasteiger partial charge in [0.2, 0.25) is 0 Å².